The first-order valence-electron chi connectivity index (χ1n) is 7.68. The van der Waals surface area contributed by atoms with Crippen molar-refractivity contribution >= 4 is 45.3 Å². The number of hydrogen-bond donors (Lipinski definition) is 0. The van der Waals surface area contributed by atoms with Crippen molar-refractivity contribution in [3.05, 3.63) is 33.8 Å². The highest BCUT2D eigenvalue weighted by atomic mass is 79.9. The Labute approximate surface area is 149 Å². The van der Waals surface area contributed by atoms with Crippen molar-refractivity contribution < 1.29 is 19.1 Å². The first kappa shape index (κ1) is 18.4. The molecule has 0 saturated heterocycles. The van der Waals surface area contributed by atoms with Gasteiger partial charge in [-0.15, -0.1) is 0 Å². The van der Waals surface area contributed by atoms with Crippen molar-refractivity contribution in [2.75, 3.05) is 6.61 Å². The number of esters is 2. The van der Waals surface area contributed by atoms with Crippen LogP contribution in [-0.2, 0) is 19.1 Å². The van der Waals surface area contributed by atoms with E-state index in [0.717, 1.165) is 10.0 Å². The molecule has 0 saturated carbocycles. The van der Waals surface area contributed by atoms with E-state index >= 15 is 0 Å². The summed E-state index contributed by atoms with van der Waals surface area (Å²) in [7, 11) is 0. The molecule has 1 heterocycles. The molecule has 0 amide bonds. The predicted molar refractivity (Wildman–Crippen MR) is 96.3 cm³/mol. The van der Waals surface area contributed by atoms with Crippen molar-refractivity contribution in [2.45, 2.75) is 39.7 Å². The topological polar surface area (TPSA) is 65.0 Å². The second kappa shape index (κ2) is 7.30. The molecule has 0 bridgehead atoms. The summed E-state index contributed by atoms with van der Waals surface area (Å²) in [5.41, 5.74) is 1.27. The molecule has 24 heavy (non-hydrogen) atoms. The van der Waals surface area contributed by atoms with E-state index in [9.17, 15) is 9.59 Å². The van der Waals surface area contributed by atoms with Crippen LogP contribution in [0.1, 0.15) is 39.7 Å². The van der Waals surface area contributed by atoms with Crippen molar-refractivity contribution in [1.29, 1.82) is 0 Å². The highest BCUT2D eigenvalue weighted by molar-refractivity contribution is 9.10. The Morgan fingerprint density at radius 3 is 2.58 bits per heavy atom. The average molecular weight is 394 g/mol. The van der Waals surface area contributed by atoms with Crippen molar-refractivity contribution in [2.24, 2.45) is 4.99 Å². The summed E-state index contributed by atoms with van der Waals surface area (Å²) in [5.74, 6) is -0.991. The van der Waals surface area contributed by atoms with Crippen molar-refractivity contribution in [3.8, 4) is 0 Å². The van der Waals surface area contributed by atoms with Gasteiger partial charge in [0.25, 0.3) is 0 Å². The first-order chi connectivity index (χ1) is 11.2. The quantitative estimate of drug-likeness (QED) is 0.721. The van der Waals surface area contributed by atoms with E-state index in [1.807, 2.05) is 12.1 Å². The van der Waals surface area contributed by atoms with Gasteiger partial charge in [0, 0.05) is 22.0 Å². The summed E-state index contributed by atoms with van der Waals surface area (Å²) >= 11 is 3.39. The number of carbonyl (C=O) groups is 2. The molecule has 0 N–H and O–H groups in total. The molecule has 0 aliphatic carbocycles. The van der Waals surface area contributed by atoms with Gasteiger partial charge < -0.3 is 9.47 Å². The fraction of sp³-hybridized carbons (Fsp3) is 0.389. The van der Waals surface area contributed by atoms with Crippen molar-refractivity contribution in [1.82, 2.24) is 0 Å². The fourth-order valence-corrected chi connectivity index (χ4v) is 2.50. The zero-order valence-electron chi connectivity index (χ0n) is 14.2. The molecule has 6 heteroatoms. The van der Waals surface area contributed by atoms with E-state index in [1.54, 1.807) is 39.8 Å². The minimum absolute atomic E-state index is 0.0695. The third kappa shape index (κ3) is 4.77. The smallest absolute Gasteiger partial charge is 0.353 e. The van der Waals surface area contributed by atoms with Crippen LogP contribution >= 0.6 is 15.9 Å². The van der Waals surface area contributed by atoms with Crippen LogP contribution in [0.2, 0.25) is 0 Å². The number of aliphatic imine (C=N–C) groups is 1. The summed E-state index contributed by atoms with van der Waals surface area (Å²) in [6, 6.07) is 5.48. The summed E-state index contributed by atoms with van der Waals surface area (Å²) in [6.45, 7) is 7.36. The van der Waals surface area contributed by atoms with Gasteiger partial charge in [0.05, 0.1) is 12.3 Å². The van der Waals surface area contributed by atoms with Gasteiger partial charge in [-0.25, -0.2) is 14.6 Å². The zero-order chi connectivity index (χ0) is 17.9. The molecular weight excluding hydrogens is 374 g/mol. The zero-order valence-corrected chi connectivity index (χ0v) is 15.8. The van der Waals surface area contributed by atoms with Crippen LogP contribution in [0.5, 0.6) is 0 Å². The Hall–Kier alpha value is -1.95. The Balaban J connectivity index is 2.47. The monoisotopic (exact) mass is 393 g/mol. The molecule has 0 unspecified atom stereocenters. The fourth-order valence-electron chi connectivity index (χ4n) is 2.15. The third-order valence-electron chi connectivity index (χ3n) is 3.11. The van der Waals surface area contributed by atoms with Gasteiger partial charge in [-0.3, -0.25) is 0 Å². The first-order valence-corrected chi connectivity index (χ1v) is 8.47. The van der Waals surface area contributed by atoms with Gasteiger partial charge >= 0.3 is 11.9 Å². The maximum Gasteiger partial charge on any atom is 0.353 e. The molecule has 0 aromatic heterocycles. The molecular formula is C18H20BrNO4. The van der Waals surface area contributed by atoms with E-state index in [2.05, 4.69) is 20.9 Å². The molecule has 1 aliphatic heterocycles. The van der Waals surface area contributed by atoms with E-state index in [0.29, 0.717) is 11.3 Å². The Morgan fingerprint density at radius 1 is 1.25 bits per heavy atom. The second-order valence-electron chi connectivity index (χ2n) is 6.33. The molecule has 1 aromatic rings. The van der Waals surface area contributed by atoms with Crippen molar-refractivity contribution in [3.63, 3.8) is 0 Å². The Kier molecular flexibility index (Phi) is 5.59. The van der Waals surface area contributed by atoms with E-state index < -0.39 is 17.5 Å². The maximum absolute atomic E-state index is 12.4. The summed E-state index contributed by atoms with van der Waals surface area (Å²) in [6.07, 6.45) is 1.78. The summed E-state index contributed by atoms with van der Waals surface area (Å²) < 4.78 is 11.3. The molecule has 1 aromatic carbocycles. The summed E-state index contributed by atoms with van der Waals surface area (Å²) in [4.78, 5) is 29.0. The predicted octanol–water partition coefficient (Wildman–Crippen LogP) is 4.21. The molecule has 0 spiro atoms. The number of carbonyl (C=O) groups excluding carboxylic acids is 2. The number of hydrogen-bond acceptors (Lipinski definition) is 5. The van der Waals surface area contributed by atoms with Crippen LogP contribution in [0.25, 0.3) is 6.08 Å². The van der Waals surface area contributed by atoms with Gasteiger partial charge in [-0.2, -0.15) is 0 Å². The minimum Gasteiger partial charge on any atom is -0.463 e. The second-order valence-corrected chi connectivity index (χ2v) is 7.25. The normalized spacial score (nSPS) is 14.0. The molecule has 0 radical (unpaired) electrons. The summed E-state index contributed by atoms with van der Waals surface area (Å²) in [5, 5.41) is 0. The van der Waals surface area contributed by atoms with Gasteiger partial charge in [-0.05, 0) is 45.9 Å². The van der Waals surface area contributed by atoms with E-state index in [-0.39, 0.29) is 18.7 Å². The largest absolute Gasteiger partial charge is 0.463 e. The Morgan fingerprint density at radius 2 is 1.96 bits per heavy atom. The SMILES string of the molecule is CCOC(=O)C1=Cc2ccc(Br)cc2N=C(C(=O)OC(C)(C)C)C1. The van der Waals surface area contributed by atoms with Crippen LogP contribution in [0.4, 0.5) is 5.69 Å². The standard InChI is InChI=1S/C18H20BrNO4/c1-5-23-16(21)12-8-11-6-7-13(19)10-14(11)20-15(9-12)17(22)24-18(2,3)4/h6-8,10H,5,9H2,1-4H3. The molecule has 1 aliphatic rings. The molecule has 0 atom stereocenters. The van der Waals surface area contributed by atoms with Crippen LogP contribution < -0.4 is 0 Å². The van der Waals surface area contributed by atoms with E-state index in [1.165, 1.54) is 0 Å². The van der Waals surface area contributed by atoms with Crippen LogP contribution in [0.3, 0.4) is 0 Å². The highest BCUT2D eigenvalue weighted by Gasteiger charge is 2.26. The third-order valence-corrected chi connectivity index (χ3v) is 3.60. The highest BCUT2D eigenvalue weighted by Crippen LogP contribution is 2.31. The molecule has 0 fully saturated rings. The molecule has 128 valence electrons. The number of rotatable bonds is 3. The number of halogens is 1. The maximum atomic E-state index is 12.4. The Bertz CT molecular complexity index is 729. The van der Waals surface area contributed by atoms with Gasteiger partial charge in [0.15, 0.2) is 0 Å². The number of ether oxygens (including phenoxy) is 2. The lowest BCUT2D eigenvalue weighted by molar-refractivity contribution is -0.146. The van der Waals surface area contributed by atoms with Gasteiger partial charge in [-0.1, -0.05) is 22.0 Å². The minimum atomic E-state index is -0.639. The molecule has 5 nitrogen and oxygen atoms in total. The van der Waals surface area contributed by atoms with Gasteiger partial charge in [0.1, 0.15) is 11.3 Å². The lowest BCUT2D eigenvalue weighted by Crippen LogP contribution is -2.29. The lowest BCUT2D eigenvalue weighted by atomic mass is 10.1. The number of benzene rings is 1. The number of fused-ring (bicyclic) bond motifs is 1. The van der Waals surface area contributed by atoms with Crippen LogP contribution in [-0.4, -0.2) is 29.9 Å². The average Bonchev–Trinajstić information content (AvgIpc) is 2.65. The number of nitrogens with zero attached hydrogens (tertiary/aromatic N) is 1. The molecule has 2 rings (SSSR count). The lowest BCUT2D eigenvalue weighted by Gasteiger charge is -2.20. The van der Waals surface area contributed by atoms with Gasteiger partial charge in [0.2, 0.25) is 0 Å². The van der Waals surface area contributed by atoms with Crippen LogP contribution in [0.15, 0.2) is 33.2 Å². The van der Waals surface area contributed by atoms with E-state index in [4.69, 9.17) is 9.47 Å². The van der Waals surface area contributed by atoms with Crippen LogP contribution in [0, 0.1) is 0 Å².